The van der Waals surface area contributed by atoms with Gasteiger partial charge in [0, 0.05) is 16.6 Å². The van der Waals surface area contributed by atoms with Crippen molar-refractivity contribution >= 4 is 25.8 Å². The summed E-state index contributed by atoms with van der Waals surface area (Å²) in [4.78, 5) is 0. The highest BCUT2D eigenvalue weighted by Gasteiger charge is 2.23. The Hall–Kier alpha value is -1.40. The summed E-state index contributed by atoms with van der Waals surface area (Å²) in [6, 6.07) is 11.3. The molecule has 0 fully saturated rings. The summed E-state index contributed by atoms with van der Waals surface area (Å²) in [6.45, 7) is 0. The first-order valence-electron chi connectivity index (χ1n) is 5.14. The number of pyridine rings is 1. The summed E-state index contributed by atoms with van der Waals surface area (Å²) in [6.07, 6.45) is 1.17. The fraction of sp³-hybridized carbons (Fsp3) is 0.0833. The lowest BCUT2D eigenvalue weighted by molar-refractivity contribution is -0.646. The molecule has 0 atom stereocenters. The average molecular weight is 328 g/mol. The van der Waals surface area contributed by atoms with Crippen LogP contribution >= 0.6 is 15.9 Å². The predicted molar refractivity (Wildman–Crippen MR) is 70.4 cm³/mol. The zero-order valence-corrected chi connectivity index (χ0v) is 11.7. The number of halogens is 1. The van der Waals surface area contributed by atoms with Crippen LogP contribution in [0.15, 0.2) is 58.2 Å². The minimum absolute atomic E-state index is 0.196. The van der Waals surface area contributed by atoms with Crippen molar-refractivity contribution in [3.63, 3.8) is 0 Å². The maximum Gasteiger partial charge on any atom is 0.308 e. The van der Waals surface area contributed by atoms with Crippen LogP contribution in [0.3, 0.4) is 0 Å². The van der Waals surface area contributed by atoms with E-state index in [1.54, 1.807) is 18.2 Å². The van der Waals surface area contributed by atoms with Gasteiger partial charge in [0.25, 0.3) is 0 Å². The van der Waals surface area contributed by atoms with Crippen LogP contribution in [0.5, 0.6) is 0 Å². The van der Waals surface area contributed by atoms with Crippen molar-refractivity contribution in [2.75, 3.05) is 0 Å². The molecule has 4 nitrogen and oxygen atoms in total. The number of hydrogen-bond donors (Lipinski definition) is 0. The molecule has 0 spiro atoms. The maximum absolute atomic E-state index is 12.1. The molecule has 0 unspecified atom stereocenters. The van der Waals surface area contributed by atoms with Crippen molar-refractivity contribution in [3.05, 3.63) is 63.9 Å². The second-order valence-corrected chi connectivity index (χ2v) is 6.61. The van der Waals surface area contributed by atoms with Gasteiger partial charge in [0.05, 0.1) is 5.75 Å². The largest absolute Gasteiger partial charge is 0.618 e. The number of sulfone groups is 1. The van der Waals surface area contributed by atoms with Gasteiger partial charge in [0.15, 0.2) is 6.20 Å². The van der Waals surface area contributed by atoms with Gasteiger partial charge in [-0.05, 0) is 23.8 Å². The number of rotatable bonds is 3. The van der Waals surface area contributed by atoms with Crippen molar-refractivity contribution < 1.29 is 13.1 Å². The van der Waals surface area contributed by atoms with Gasteiger partial charge < -0.3 is 5.21 Å². The molecule has 2 rings (SSSR count). The van der Waals surface area contributed by atoms with Gasteiger partial charge in [-0.15, -0.1) is 0 Å². The lowest BCUT2D eigenvalue weighted by Gasteiger charge is -2.05. The minimum atomic E-state index is -3.63. The van der Waals surface area contributed by atoms with Crippen molar-refractivity contribution in [2.45, 2.75) is 10.8 Å². The van der Waals surface area contributed by atoms with Crippen LogP contribution in [0, 0.1) is 5.21 Å². The quantitative estimate of drug-likeness (QED) is 0.640. The Morgan fingerprint density at radius 2 is 1.94 bits per heavy atom. The molecule has 1 aromatic heterocycles. The SMILES string of the molecule is O=S(=O)(Cc1cccc(Br)c1)c1cccc[n+]1[O-]. The Bertz CT molecular complexity index is 671. The lowest BCUT2D eigenvalue weighted by Crippen LogP contribution is -2.33. The van der Waals surface area contributed by atoms with E-state index < -0.39 is 9.84 Å². The lowest BCUT2D eigenvalue weighted by atomic mass is 10.2. The van der Waals surface area contributed by atoms with Gasteiger partial charge in [-0.1, -0.05) is 28.1 Å². The molecule has 0 radical (unpaired) electrons. The van der Waals surface area contributed by atoms with E-state index in [1.807, 2.05) is 6.07 Å². The first-order chi connectivity index (χ1) is 8.49. The van der Waals surface area contributed by atoms with Crippen LogP contribution in [0.25, 0.3) is 0 Å². The molecule has 0 aliphatic rings. The highest BCUT2D eigenvalue weighted by Crippen LogP contribution is 2.17. The summed E-state index contributed by atoms with van der Waals surface area (Å²) in [5.74, 6) is -0.196. The van der Waals surface area contributed by atoms with Crippen molar-refractivity contribution in [1.29, 1.82) is 0 Å². The van der Waals surface area contributed by atoms with Crippen LogP contribution in [-0.4, -0.2) is 8.42 Å². The van der Waals surface area contributed by atoms with Crippen LogP contribution in [0.2, 0.25) is 0 Å². The number of hydrogen-bond acceptors (Lipinski definition) is 3. The Morgan fingerprint density at radius 1 is 1.17 bits per heavy atom. The van der Waals surface area contributed by atoms with E-state index in [0.717, 1.165) is 4.47 Å². The Kier molecular flexibility index (Phi) is 3.68. The van der Waals surface area contributed by atoms with Gasteiger partial charge in [-0.2, -0.15) is 4.73 Å². The summed E-state index contributed by atoms with van der Waals surface area (Å²) < 4.78 is 25.4. The summed E-state index contributed by atoms with van der Waals surface area (Å²) in [5, 5.41) is 11.2. The first kappa shape index (κ1) is 13.0. The molecule has 0 N–H and O–H groups in total. The first-order valence-corrected chi connectivity index (χ1v) is 7.59. The molecular weight excluding hydrogens is 318 g/mol. The van der Waals surface area contributed by atoms with E-state index >= 15 is 0 Å². The molecule has 94 valence electrons. The maximum atomic E-state index is 12.1. The van der Waals surface area contributed by atoms with Gasteiger partial charge in [0.2, 0.25) is 9.84 Å². The summed E-state index contributed by atoms with van der Waals surface area (Å²) in [7, 11) is -3.63. The Labute approximate surface area is 114 Å². The molecule has 1 heterocycles. The summed E-state index contributed by atoms with van der Waals surface area (Å²) >= 11 is 3.28. The molecule has 0 bridgehead atoms. The van der Waals surface area contributed by atoms with E-state index in [-0.39, 0.29) is 10.8 Å². The zero-order valence-electron chi connectivity index (χ0n) is 9.28. The molecular formula is C12H10BrNO3S. The van der Waals surface area contributed by atoms with E-state index in [1.165, 1.54) is 24.4 Å². The predicted octanol–water partition coefficient (Wildman–Crippen LogP) is 2.06. The fourth-order valence-corrected chi connectivity index (χ4v) is 3.41. The average Bonchev–Trinajstić information content (AvgIpc) is 2.28. The zero-order chi connectivity index (χ0) is 13.2. The van der Waals surface area contributed by atoms with Gasteiger partial charge in [0.1, 0.15) is 0 Å². The van der Waals surface area contributed by atoms with Crippen molar-refractivity contribution in [2.24, 2.45) is 0 Å². The molecule has 0 saturated carbocycles. The van der Waals surface area contributed by atoms with Crippen LogP contribution < -0.4 is 4.73 Å². The van der Waals surface area contributed by atoms with E-state index in [2.05, 4.69) is 15.9 Å². The third-order valence-electron chi connectivity index (χ3n) is 2.35. The van der Waals surface area contributed by atoms with Gasteiger partial charge in [-0.25, -0.2) is 8.42 Å². The van der Waals surface area contributed by atoms with Gasteiger partial charge >= 0.3 is 5.03 Å². The third kappa shape index (κ3) is 2.88. The van der Waals surface area contributed by atoms with Crippen molar-refractivity contribution in [1.82, 2.24) is 0 Å². The molecule has 2 aromatic rings. The van der Waals surface area contributed by atoms with E-state index in [0.29, 0.717) is 10.3 Å². The second kappa shape index (κ2) is 5.07. The summed E-state index contributed by atoms with van der Waals surface area (Å²) in [5.41, 5.74) is 0.633. The van der Waals surface area contributed by atoms with Crippen LogP contribution in [0.1, 0.15) is 5.56 Å². The Morgan fingerprint density at radius 3 is 2.61 bits per heavy atom. The molecule has 0 aliphatic carbocycles. The topological polar surface area (TPSA) is 61.1 Å². The molecule has 0 amide bonds. The highest BCUT2D eigenvalue weighted by molar-refractivity contribution is 9.10. The second-order valence-electron chi connectivity index (χ2n) is 3.75. The van der Waals surface area contributed by atoms with Crippen molar-refractivity contribution in [3.8, 4) is 0 Å². The number of aromatic nitrogens is 1. The van der Waals surface area contributed by atoms with E-state index in [9.17, 15) is 13.6 Å². The standard InChI is InChI=1S/C12H10BrNO3S/c13-11-5-3-4-10(8-11)9-18(16,17)12-6-1-2-7-14(12)15/h1-8H,9H2. The van der Waals surface area contributed by atoms with Gasteiger partial charge in [-0.3, -0.25) is 0 Å². The minimum Gasteiger partial charge on any atom is -0.618 e. The smallest absolute Gasteiger partial charge is 0.308 e. The molecule has 1 aromatic carbocycles. The highest BCUT2D eigenvalue weighted by atomic mass is 79.9. The molecule has 6 heteroatoms. The molecule has 0 saturated heterocycles. The normalized spacial score (nSPS) is 11.4. The van der Waals surface area contributed by atoms with E-state index in [4.69, 9.17) is 0 Å². The number of benzene rings is 1. The number of nitrogens with zero attached hydrogens (tertiary/aromatic N) is 1. The fourth-order valence-electron chi connectivity index (χ4n) is 1.57. The monoisotopic (exact) mass is 327 g/mol. The third-order valence-corrected chi connectivity index (χ3v) is 4.51. The Balaban J connectivity index is 2.37. The molecule has 18 heavy (non-hydrogen) atoms. The molecule has 0 aliphatic heterocycles. The van der Waals surface area contributed by atoms with Crippen LogP contribution in [-0.2, 0) is 15.6 Å². The van der Waals surface area contributed by atoms with Crippen LogP contribution in [0.4, 0.5) is 0 Å².